The number of imidazole rings is 1. The lowest BCUT2D eigenvalue weighted by atomic mass is 10.1. The minimum atomic E-state index is 0.465. The molecule has 1 aromatic carbocycles. The van der Waals surface area contributed by atoms with Crippen molar-refractivity contribution in [2.45, 2.75) is 6.42 Å². The third-order valence-electron chi connectivity index (χ3n) is 3.24. The molecular weight excluding hydrogens is 268 g/mol. The molecule has 0 aliphatic carbocycles. The van der Waals surface area contributed by atoms with E-state index in [0.29, 0.717) is 29.4 Å². The van der Waals surface area contributed by atoms with Crippen molar-refractivity contribution in [3.8, 4) is 11.5 Å². The number of fused-ring (bicyclic) bond motifs is 1. The molecule has 0 spiro atoms. The van der Waals surface area contributed by atoms with E-state index >= 15 is 0 Å². The summed E-state index contributed by atoms with van der Waals surface area (Å²) in [7, 11) is 3.24. The van der Waals surface area contributed by atoms with E-state index in [1.807, 2.05) is 24.3 Å². The van der Waals surface area contributed by atoms with Crippen LogP contribution in [0.3, 0.4) is 0 Å². The van der Waals surface area contributed by atoms with Gasteiger partial charge in [-0.2, -0.15) is 0 Å². The van der Waals surface area contributed by atoms with Gasteiger partial charge in [-0.3, -0.25) is 0 Å². The number of nitrogens with zero attached hydrogens (tertiary/aromatic N) is 2. The lowest BCUT2D eigenvalue weighted by Crippen LogP contribution is -1.95. The molecule has 3 rings (SSSR count). The maximum absolute atomic E-state index is 5.66. The van der Waals surface area contributed by atoms with E-state index in [4.69, 9.17) is 15.2 Å². The fraction of sp³-hybridized carbons (Fsp3) is 0.200. The fourth-order valence-corrected chi connectivity index (χ4v) is 2.22. The highest BCUT2D eigenvalue weighted by Crippen LogP contribution is 2.28. The van der Waals surface area contributed by atoms with Gasteiger partial charge >= 0.3 is 0 Å². The van der Waals surface area contributed by atoms with Crippen molar-refractivity contribution in [1.82, 2.24) is 15.0 Å². The van der Waals surface area contributed by atoms with Gasteiger partial charge < -0.3 is 20.2 Å². The van der Waals surface area contributed by atoms with Gasteiger partial charge in [-0.05, 0) is 29.8 Å². The van der Waals surface area contributed by atoms with Crippen LogP contribution < -0.4 is 15.2 Å². The predicted molar refractivity (Wildman–Crippen MR) is 80.7 cm³/mol. The van der Waals surface area contributed by atoms with Crippen molar-refractivity contribution < 1.29 is 9.47 Å². The molecule has 0 radical (unpaired) electrons. The molecule has 3 N–H and O–H groups in total. The largest absolute Gasteiger partial charge is 0.493 e. The molecule has 3 aromatic rings. The summed E-state index contributed by atoms with van der Waals surface area (Å²) < 4.78 is 10.5. The van der Waals surface area contributed by atoms with Gasteiger partial charge in [0.05, 0.1) is 19.7 Å². The molecule has 6 heteroatoms. The maximum Gasteiger partial charge on any atom is 0.179 e. The molecule has 0 saturated carbocycles. The molecule has 108 valence electrons. The van der Waals surface area contributed by atoms with Gasteiger partial charge in [0.1, 0.15) is 11.6 Å². The molecule has 0 unspecified atom stereocenters. The van der Waals surface area contributed by atoms with Crippen molar-refractivity contribution in [2.75, 3.05) is 20.0 Å². The highest BCUT2D eigenvalue weighted by Gasteiger charge is 2.08. The second-order valence-electron chi connectivity index (χ2n) is 4.66. The average molecular weight is 284 g/mol. The van der Waals surface area contributed by atoms with Crippen LogP contribution in [0.2, 0.25) is 0 Å². The van der Waals surface area contributed by atoms with Crippen LogP contribution in [0.25, 0.3) is 11.2 Å². The summed E-state index contributed by atoms with van der Waals surface area (Å²) in [6.07, 6.45) is 0.649. The van der Waals surface area contributed by atoms with Gasteiger partial charge in [0.25, 0.3) is 0 Å². The number of benzene rings is 1. The van der Waals surface area contributed by atoms with Gasteiger partial charge in [-0.25, -0.2) is 9.97 Å². The minimum Gasteiger partial charge on any atom is -0.493 e. The summed E-state index contributed by atoms with van der Waals surface area (Å²) in [5, 5.41) is 0. The number of ether oxygens (including phenoxy) is 2. The lowest BCUT2D eigenvalue weighted by Gasteiger charge is -2.08. The Morgan fingerprint density at radius 3 is 2.62 bits per heavy atom. The first-order valence-electron chi connectivity index (χ1n) is 6.51. The van der Waals surface area contributed by atoms with Crippen LogP contribution >= 0.6 is 0 Å². The van der Waals surface area contributed by atoms with Crippen LogP contribution in [0.1, 0.15) is 11.4 Å². The van der Waals surface area contributed by atoms with Gasteiger partial charge in [-0.1, -0.05) is 6.07 Å². The standard InChI is InChI=1S/C15H16N4O2/c1-20-11-5-3-9(7-12(11)21-2)8-14-17-10-4-6-13(16)18-15(10)19-14/h3-7H,8H2,1-2H3,(H3,16,17,18,19). The Hall–Kier alpha value is -2.76. The number of aromatic nitrogens is 3. The van der Waals surface area contributed by atoms with Crippen LogP contribution in [0.15, 0.2) is 30.3 Å². The van der Waals surface area contributed by atoms with Crippen molar-refractivity contribution in [3.63, 3.8) is 0 Å². The summed E-state index contributed by atoms with van der Waals surface area (Å²) in [5.41, 5.74) is 8.23. The molecule has 21 heavy (non-hydrogen) atoms. The number of hydrogen-bond acceptors (Lipinski definition) is 5. The third-order valence-corrected chi connectivity index (χ3v) is 3.24. The fourth-order valence-electron chi connectivity index (χ4n) is 2.22. The van der Waals surface area contributed by atoms with Crippen molar-refractivity contribution >= 4 is 17.0 Å². The van der Waals surface area contributed by atoms with E-state index < -0.39 is 0 Å². The summed E-state index contributed by atoms with van der Waals surface area (Å²) in [6.45, 7) is 0. The van der Waals surface area contributed by atoms with Crippen LogP contribution in [-0.2, 0) is 6.42 Å². The van der Waals surface area contributed by atoms with Gasteiger partial charge in [0.15, 0.2) is 17.1 Å². The number of methoxy groups -OCH3 is 2. The average Bonchev–Trinajstić information content (AvgIpc) is 2.88. The van der Waals surface area contributed by atoms with E-state index in [0.717, 1.165) is 16.9 Å². The van der Waals surface area contributed by atoms with Crippen molar-refractivity contribution in [3.05, 3.63) is 41.7 Å². The number of anilines is 1. The lowest BCUT2D eigenvalue weighted by molar-refractivity contribution is 0.354. The first-order valence-corrected chi connectivity index (χ1v) is 6.51. The number of nitrogen functional groups attached to an aromatic ring is 1. The number of nitrogens with two attached hydrogens (primary N) is 1. The Morgan fingerprint density at radius 1 is 1.05 bits per heavy atom. The second-order valence-corrected chi connectivity index (χ2v) is 4.66. The van der Waals surface area contributed by atoms with E-state index in [9.17, 15) is 0 Å². The molecule has 0 atom stereocenters. The molecule has 0 aliphatic heterocycles. The number of rotatable bonds is 4. The second kappa shape index (κ2) is 5.32. The Balaban J connectivity index is 1.91. The quantitative estimate of drug-likeness (QED) is 0.766. The zero-order valence-electron chi connectivity index (χ0n) is 11.9. The summed E-state index contributed by atoms with van der Waals surface area (Å²) in [4.78, 5) is 11.9. The molecule has 2 aromatic heterocycles. The number of aromatic amines is 1. The first-order chi connectivity index (χ1) is 10.2. The Labute approximate surface area is 121 Å². The molecule has 0 bridgehead atoms. The molecule has 0 fully saturated rings. The monoisotopic (exact) mass is 284 g/mol. The zero-order valence-corrected chi connectivity index (χ0v) is 11.9. The van der Waals surface area contributed by atoms with Crippen LogP contribution in [0, 0.1) is 0 Å². The molecule has 0 saturated heterocycles. The molecular formula is C15H16N4O2. The Bertz CT molecular complexity index is 782. The Kier molecular flexibility index (Phi) is 3.35. The number of H-pyrrole nitrogens is 1. The third kappa shape index (κ3) is 2.60. The molecule has 6 nitrogen and oxygen atoms in total. The molecule has 0 amide bonds. The van der Waals surface area contributed by atoms with Crippen molar-refractivity contribution in [2.24, 2.45) is 0 Å². The number of nitrogens with one attached hydrogen (secondary N) is 1. The van der Waals surface area contributed by atoms with E-state index in [1.54, 1.807) is 20.3 Å². The van der Waals surface area contributed by atoms with Gasteiger partial charge in [0, 0.05) is 6.42 Å². The summed E-state index contributed by atoms with van der Waals surface area (Å²) in [6, 6.07) is 9.43. The van der Waals surface area contributed by atoms with Crippen molar-refractivity contribution in [1.29, 1.82) is 0 Å². The smallest absolute Gasteiger partial charge is 0.179 e. The topological polar surface area (TPSA) is 86.0 Å². The number of pyridine rings is 1. The summed E-state index contributed by atoms with van der Waals surface area (Å²) in [5.74, 6) is 2.70. The van der Waals surface area contributed by atoms with Gasteiger partial charge in [-0.15, -0.1) is 0 Å². The highest BCUT2D eigenvalue weighted by molar-refractivity contribution is 5.72. The minimum absolute atomic E-state index is 0.465. The van der Waals surface area contributed by atoms with Crippen LogP contribution in [0.5, 0.6) is 11.5 Å². The molecule has 0 aliphatic rings. The normalized spacial score (nSPS) is 10.8. The SMILES string of the molecule is COc1ccc(Cc2nc3nc(N)ccc3[nH]2)cc1OC. The zero-order chi connectivity index (χ0) is 14.8. The highest BCUT2D eigenvalue weighted by atomic mass is 16.5. The van der Waals surface area contributed by atoms with Crippen LogP contribution in [-0.4, -0.2) is 29.2 Å². The van der Waals surface area contributed by atoms with Crippen LogP contribution in [0.4, 0.5) is 5.82 Å². The maximum atomic E-state index is 5.66. The Morgan fingerprint density at radius 2 is 1.86 bits per heavy atom. The summed E-state index contributed by atoms with van der Waals surface area (Å²) >= 11 is 0. The van der Waals surface area contributed by atoms with Gasteiger partial charge in [0.2, 0.25) is 0 Å². The van der Waals surface area contributed by atoms with E-state index in [-0.39, 0.29) is 0 Å². The number of hydrogen-bond donors (Lipinski definition) is 2. The van der Waals surface area contributed by atoms with E-state index in [1.165, 1.54) is 0 Å². The first kappa shape index (κ1) is 13.2. The van der Waals surface area contributed by atoms with E-state index in [2.05, 4.69) is 15.0 Å². The molecule has 2 heterocycles. The predicted octanol–water partition coefficient (Wildman–Crippen LogP) is 2.15.